The van der Waals surface area contributed by atoms with Crippen molar-refractivity contribution in [1.82, 2.24) is 15.3 Å². The van der Waals surface area contributed by atoms with Gasteiger partial charge in [0.1, 0.15) is 11.5 Å². The van der Waals surface area contributed by atoms with Crippen molar-refractivity contribution < 1.29 is 9.18 Å². The summed E-state index contributed by atoms with van der Waals surface area (Å²) in [6.45, 7) is 0. The van der Waals surface area contributed by atoms with Gasteiger partial charge in [-0.2, -0.15) is 0 Å². The van der Waals surface area contributed by atoms with E-state index >= 15 is 0 Å². The van der Waals surface area contributed by atoms with E-state index in [0.29, 0.717) is 5.69 Å². The Labute approximate surface area is 132 Å². The van der Waals surface area contributed by atoms with Crippen molar-refractivity contribution in [3.8, 4) is 0 Å². The van der Waals surface area contributed by atoms with Gasteiger partial charge in [0.05, 0.1) is 6.04 Å². The predicted octanol–water partition coefficient (Wildman–Crippen LogP) is 3.51. The molecule has 1 atom stereocenters. The number of nitrogens with zero attached hydrogens (tertiary/aromatic N) is 1. The third-order valence-corrected chi connectivity index (χ3v) is 4.37. The molecule has 3 aromatic rings. The lowest BCUT2D eigenvalue weighted by Gasteiger charge is -2.23. The smallest absolute Gasteiger partial charge is 0.270 e. The Balaban J connectivity index is 1.68. The molecule has 5 heteroatoms. The van der Waals surface area contributed by atoms with E-state index < -0.39 is 0 Å². The van der Waals surface area contributed by atoms with Crippen molar-refractivity contribution in [2.24, 2.45) is 0 Å². The normalized spacial score (nSPS) is 17.0. The Bertz CT molecular complexity index is 873. The summed E-state index contributed by atoms with van der Waals surface area (Å²) in [4.78, 5) is 19.8. The number of hydrogen-bond donors (Lipinski definition) is 2. The first kappa shape index (κ1) is 13.9. The molecule has 1 aliphatic carbocycles. The van der Waals surface area contributed by atoms with E-state index in [1.807, 2.05) is 0 Å². The van der Waals surface area contributed by atoms with Crippen LogP contribution in [0.15, 0.2) is 42.6 Å². The number of amides is 1. The fraction of sp³-hybridized carbons (Fsp3) is 0.222. The standard InChI is InChI=1S/C18H16FN3O/c19-11-7-8-14-13(10-11)12-4-3-6-15(17(12)21-14)22-18(23)16-5-1-2-9-20-16/h1-2,5,7-10,15,21H,3-4,6H2,(H,22,23)/t15-/m0/s1. The molecule has 0 fully saturated rings. The number of aromatic nitrogens is 2. The second-order valence-corrected chi connectivity index (χ2v) is 5.84. The minimum atomic E-state index is -0.237. The van der Waals surface area contributed by atoms with E-state index in [-0.39, 0.29) is 17.8 Å². The highest BCUT2D eigenvalue weighted by atomic mass is 19.1. The van der Waals surface area contributed by atoms with Crippen molar-refractivity contribution in [3.63, 3.8) is 0 Å². The summed E-state index contributed by atoms with van der Waals surface area (Å²) in [7, 11) is 0. The Morgan fingerprint density at radius 3 is 3.04 bits per heavy atom. The number of nitrogens with one attached hydrogen (secondary N) is 2. The molecule has 0 saturated heterocycles. The lowest BCUT2D eigenvalue weighted by atomic mass is 9.91. The molecule has 0 saturated carbocycles. The summed E-state index contributed by atoms with van der Waals surface area (Å²) < 4.78 is 13.5. The fourth-order valence-corrected chi connectivity index (χ4v) is 3.31. The molecule has 0 unspecified atom stereocenters. The second-order valence-electron chi connectivity index (χ2n) is 5.84. The highest BCUT2D eigenvalue weighted by Crippen LogP contribution is 2.35. The molecule has 2 heterocycles. The average Bonchev–Trinajstić information content (AvgIpc) is 2.95. The molecule has 0 aliphatic heterocycles. The maximum Gasteiger partial charge on any atom is 0.270 e. The summed E-state index contributed by atoms with van der Waals surface area (Å²) in [6, 6.07) is 9.94. The number of aromatic amines is 1. The van der Waals surface area contributed by atoms with Crippen LogP contribution in [0.5, 0.6) is 0 Å². The Kier molecular flexibility index (Phi) is 3.33. The van der Waals surface area contributed by atoms with E-state index in [9.17, 15) is 9.18 Å². The van der Waals surface area contributed by atoms with Gasteiger partial charge in [-0.25, -0.2) is 4.39 Å². The van der Waals surface area contributed by atoms with Gasteiger partial charge in [0.2, 0.25) is 0 Å². The quantitative estimate of drug-likeness (QED) is 0.761. The number of fused-ring (bicyclic) bond motifs is 3. The van der Waals surface area contributed by atoms with Gasteiger partial charge in [-0.15, -0.1) is 0 Å². The van der Waals surface area contributed by atoms with Gasteiger partial charge in [0.25, 0.3) is 5.91 Å². The lowest BCUT2D eigenvalue weighted by molar-refractivity contribution is 0.0927. The predicted molar refractivity (Wildman–Crippen MR) is 85.6 cm³/mol. The van der Waals surface area contributed by atoms with Crippen molar-refractivity contribution in [2.45, 2.75) is 25.3 Å². The van der Waals surface area contributed by atoms with E-state index in [0.717, 1.165) is 41.4 Å². The number of H-pyrrole nitrogens is 1. The molecular formula is C18H16FN3O. The molecule has 1 aromatic carbocycles. The molecule has 116 valence electrons. The van der Waals surface area contributed by atoms with E-state index in [2.05, 4.69) is 15.3 Å². The Hall–Kier alpha value is -2.69. The highest BCUT2D eigenvalue weighted by molar-refractivity contribution is 5.93. The van der Waals surface area contributed by atoms with Crippen molar-refractivity contribution >= 4 is 16.8 Å². The number of hydrogen-bond acceptors (Lipinski definition) is 2. The number of pyridine rings is 1. The van der Waals surface area contributed by atoms with Crippen LogP contribution in [0, 0.1) is 5.82 Å². The molecule has 1 amide bonds. The van der Waals surface area contributed by atoms with Crippen molar-refractivity contribution in [1.29, 1.82) is 0 Å². The van der Waals surface area contributed by atoms with Crippen LogP contribution < -0.4 is 5.32 Å². The summed E-state index contributed by atoms with van der Waals surface area (Å²) in [5.41, 5.74) is 3.41. The molecule has 2 aromatic heterocycles. The summed E-state index contributed by atoms with van der Waals surface area (Å²) in [5, 5.41) is 3.95. The maximum atomic E-state index is 13.5. The van der Waals surface area contributed by atoms with Crippen LogP contribution in [0.3, 0.4) is 0 Å². The van der Waals surface area contributed by atoms with Gasteiger partial charge in [0, 0.05) is 22.8 Å². The van der Waals surface area contributed by atoms with E-state index in [1.165, 1.54) is 6.07 Å². The number of aryl methyl sites for hydroxylation is 1. The molecule has 23 heavy (non-hydrogen) atoms. The Morgan fingerprint density at radius 2 is 2.22 bits per heavy atom. The SMILES string of the molecule is O=C(N[C@H]1CCCc2c1[nH]c1ccc(F)cc21)c1ccccn1. The minimum Gasteiger partial charge on any atom is -0.356 e. The zero-order chi connectivity index (χ0) is 15.8. The average molecular weight is 309 g/mol. The van der Waals surface area contributed by atoms with Crippen LogP contribution in [-0.4, -0.2) is 15.9 Å². The number of benzene rings is 1. The minimum absolute atomic E-state index is 0.0938. The monoisotopic (exact) mass is 309 g/mol. The van der Waals surface area contributed by atoms with Crippen LogP contribution in [0.1, 0.15) is 40.6 Å². The zero-order valence-corrected chi connectivity index (χ0v) is 12.5. The molecule has 2 N–H and O–H groups in total. The highest BCUT2D eigenvalue weighted by Gasteiger charge is 2.26. The summed E-state index contributed by atoms with van der Waals surface area (Å²) in [5.74, 6) is -0.424. The van der Waals surface area contributed by atoms with Crippen LogP contribution in [0.2, 0.25) is 0 Å². The van der Waals surface area contributed by atoms with Gasteiger partial charge >= 0.3 is 0 Å². The maximum absolute atomic E-state index is 13.5. The molecule has 4 rings (SSSR count). The third-order valence-electron chi connectivity index (χ3n) is 4.37. The van der Waals surface area contributed by atoms with Crippen molar-refractivity contribution in [3.05, 3.63) is 65.4 Å². The van der Waals surface area contributed by atoms with Gasteiger partial charge in [-0.1, -0.05) is 6.07 Å². The third kappa shape index (κ3) is 2.48. The molecule has 4 nitrogen and oxygen atoms in total. The van der Waals surface area contributed by atoms with Crippen LogP contribution in [0.25, 0.3) is 10.9 Å². The van der Waals surface area contributed by atoms with Crippen LogP contribution >= 0.6 is 0 Å². The molecule has 1 aliphatic rings. The second kappa shape index (κ2) is 5.50. The van der Waals surface area contributed by atoms with E-state index in [4.69, 9.17) is 0 Å². The summed E-state index contributed by atoms with van der Waals surface area (Å²) in [6.07, 6.45) is 4.33. The zero-order valence-electron chi connectivity index (χ0n) is 12.5. The Morgan fingerprint density at radius 1 is 1.30 bits per heavy atom. The number of rotatable bonds is 2. The van der Waals surface area contributed by atoms with Crippen LogP contribution in [0.4, 0.5) is 4.39 Å². The van der Waals surface area contributed by atoms with E-state index in [1.54, 1.807) is 36.5 Å². The van der Waals surface area contributed by atoms with Crippen molar-refractivity contribution in [2.75, 3.05) is 0 Å². The molecular weight excluding hydrogens is 293 g/mol. The fourth-order valence-electron chi connectivity index (χ4n) is 3.31. The summed E-state index contributed by atoms with van der Waals surface area (Å²) >= 11 is 0. The lowest BCUT2D eigenvalue weighted by Crippen LogP contribution is -2.31. The number of carbonyl (C=O) groups excluding carboxylic acids is 1. The molecule has 0 radical (unpaired) electrons. The van der Waals surface area contributed by atoms with Crippen LogP contribution in [-0.2, 0) is 6.42 Å². The largest absolute Gasteiger partial charge is 0.356 e. The number of halogens is 1. The first-order valence-corrected chi connectivity index (χ1v) is 7.74. The van der Waals surface area contributed by atoms with Gasteiger partial charge in [-0.05, 0) is 55.2 Å². The van der Waals surface area contributed by atoms with Gasteiger partial charge in [0.15, 0.2) is 0 Å². The first-order chi connectivity index (χ1) is 11.2. The number of carbonyl (C=O) groups is 1. The first-order valence-electron chi connectivity index (χ1n) is 7.74. The van der Waals surface area contributed by atoms with Gasteiger partial charge < -0.3 is 10.3 Å². The van der Waals surface area contributed by atoms with Gasteiger partial charge in [-0.3, -0.25) is 9.78 Å². The molecule has 0 bridgehead atoms. The molecule has 0 spiro atoms. The topological polar surface area (TPSA) is 57.8 Å².